The summed E-state index contributed by atoms with van der Waals surface area (Å²) in [6.45, 7) is 5.28. The normalized spacial score (nSPS) is 15.0. The molecule has 0 saturated carbocycles. The molecule has 0 radical (unpaired) electrons. The van der Waals surface area contributed by atoms with Crippen LogP contribution in [0.1, 0.15) is 34.3 Å². The fourth-order valence-electron chi connectivity index (χ4n) is 3.24. The summed E-state index contributed by atoms with van der Waals surface area (Å²) in [6, 6.07) is 13.3. The summed E-state index contributed by atoms with van der Waals surface area (Å²) >= 11 is 3.38. The third-order valence-electron chi connectivity index (χ3n) is 5.11. The molecule has 0 atom stereocenters. The lowest BCUT2D eigenvalue weighted by molar-refractivity contribution is -0.121. The number of benzene rings is 2. The lowest BCUT2D eigenvalue weighted by Crippen LogP contribution is -2.41. The first-order chi connectivity index (χ1) is 12.5. The van der Waals surface area contributed by atoms with Gasteiger partial charge in [0.25, 0.3) is 5.91 Å². The molecule has 1 aliphatic rings. The van der Waals surface area contributed by atoms with Gasteiger partial charge in [0.05, 0.1) is 0 Å². The van der Waals surface area contributed by atoms with Crippen LogP contribution in [0.5, 0.6) is 0 Å². The molecule has 0 unspecified atom stereocenters. The Balaban J connectivity index is 1.57. The molecule has 0 aliphatic carbocycles. The minimum atomic E-state index is -0.0520. The van der Waals surface area contributed by atoms with Crippen LogP contribution in [0.3, 0.4) is 0 Å². The number of amides is 2. The first kappa shape index (κ1) is 18.6. The number of halogens is 1. The fourth-order valence-corrected chi connectivity index (χ4v) is 3.51. The molecule has 0 aromatic heterocycles. The largest absolute Gasteiger partial charge is 0.339 e. The van der Waals surface area contributed by atoms with Crippen molar-refractivity contribution in [3.05, 3.63) is 63.6 Å². The molecule has 136 valence electrons. The van der Waals surface area contributed by atoms with Gasteiger partial charge in [-0.3, -0.25) is 9.59 Å². The van der Waals surface area contributed by atoms with E-state index in [2.05, 4.69) is 21.2 Å². The van der Waals surface area contributed by atoms with Crippen molar-refractivity contribution in [2.75, 3.05) is 18.4 Å². The minimum Gasteiger partial charge on any atom is -0.339 e. The van der Waals surface area contributed by atoms with E-state index < -0.39 is 0 Å². The molecule has 2 aromatic rings. The maximum Gasteiger partial charge on any atom is 0.253 e. The van der Waals surface area contributed by atoms with E-state index in [9.17, 15) is 9.59 Å². The smallest absolute Gasteiger partial charge is 0.253 e. The first-order valence-corrected chi connectivity index (χ1v) is 9.67. The highest BCUT2D eigenvalue weighted by Gasteiger charge is 2.28. The third-order valence-corrected chi connectivity index (χ3v) is 5.64. The van der Waals surface area contributed by atoms with Crippen molar-refractivity contribution >= 4 is 33.4 Å². The average Bonchev–Trinajstić information content (AvgIpc) is 2.65. The molecule has 3 rings (SSSR count). The van der Waals surface area contributed by atoms with Gasteiger partial charge in [-0.15, -0.1) is 0 Å². The van der Waals surface area contributed by atoms with Crippen LogP contribution in [-0.4, -0.2) is 29.8 Å². The Morgan fingerprint density at radius 3 is 2.35 bits per heavy atom. The van der Waals surface area contributed by atoms with E-state index >= 15 is 0 Å². The van der Waals surface area contributed by atoms with Gasteiger partial charge < -0.3 is 10.2 Å². The molecule has 4 nitrogen and oxygen atoms in total. The van der Waals surface area contributed by atoms with Gasteiger partial charge in [0.1, 0.15) is 0 Å². The summed E-state index contributed by atoms with van der Waals surface area (Å²) in [5.74, 6) is 0.0317. The van der Waals surface area contributed by atoms with Crippen LogP contribution in [0.4, 0.5) is 5.69 Å². The Labute approximate surface area is 162 Å². The number of rotatable bonds is 3. The molecule has 0 spiro atoms. The molecule has 1 aliphatic heterocycles. The topological polar surface area (TPSA) is 49.4 Å². The maximum atomic E-state index is 12.6. The zero-order valence-corrected chi connectivity index (χ0v) is 16.7. The predicted molar refractivity (Wildman–Crippen MR) is 107 cm³/mol. The number of hydrogen-bond acceptors (Lipinski definition) is 2. The molecule has 1 saturated heterocycles. The number of anilines is 1. The monoisotopic (exact) mass is 414 g/mol. The van der Waals surface area contributed by atoms with Crippen LogP contribution in [0.2, 0.25) is 0 Å². The van der Waals surface area contributed by atoms with Crippen molar-refractivity contribution in [1.82, 2.24) is 4.90 Å². The lowest BCUT2D eigenvalue weighted by Gasteiger charge is -2.31. The summed E-state index contributed by atoms with van der Waals surface area (Å²) in [5.41, 5.74) is 3.83. The van der Waals surface area contributed by atoms with Crippen LogP contribution in [0, 0.1) is 19.8 Å². The Bertz CT molecular complexity index is 809. The van der Waals surface area contributed by atoms with Crippen LogP contribution in [0.25, 0.3) is 0 Å². The second-order valence-electron chi connectivity index (χ2n) is 6.81. The Hall–Kier alpha value is -2.14. The van der Waals surface area contributed by atoms with Gasteiger partial charge in [0.15, 0.2) is 0 Å². The summed E-state index contributed by atoms with van der Waals surface area (Å²) in [7, 11) is 0. The number of likely N-dealkylation sites (tertiary alicyclic amines) is 1. The highest BCUT2D eigenvalue weighted by Crippen LogP contribution is 2.23. The molecular formula is C21H23BrN2O2. The summed E-state index contributed by atoms with van der Waals surface area (Å²) in [6.07, 6.45) is 1.39. The maximum absolute atomic E-state index is 12.6. The number of nitrogens with zero attached hydrogens (tertiary/aromatic N) is 1. The highest BCUT2D eigenvalue weighted by atomic mass is 79.9. The second-order valence-corrected chi connectivity index (χ2v) is 7.73. The van der Waals surface area contributed by atoms with Crippen molar-refractivity contribution in [3.8, 4) is 0 Å². The van der Waals surface area contributed by atoms with Gasteiger partial charge in [-0.25, -0.2) is 0 Å². The quantitative estimate of drug-likeness (QED) is 0.799. The van der Waals surface area contributed by atoms with E-state index in [0.717, 1.165) is 21.3 Å². The molecular weight excluding hydrogens is 392 g/mol. The number of aryl methyl sites for hydroxylation is 1. The third kappa shape index (κ3) is 4.15. The van der Waals surface area contributed by atoms with Crippen molar-refractivity contribution < 1.29 is 9.59 Å². The van der Waals surface area contributed by atoms with Gasteiger partial charge in [0.2, 0.25) is 5.91 Å². The van der Waals surface area contributed by atoms with E-state index in [0.29, 0.717) is 31.5 Å². The van der Waals surface area contributed by atoms with E-state index in [4.69, 9.17) is 0 Å². The zero-order valence-electron chi connectivity index (χ0n) is 15.1. The predicted octanol–water partition coefficient (Wildman–Crippen LogP) is 4.56. The molecule has 5 heteroatoms. The molecule has 26 heavy (non-hydrogen) atoms. The summed E-state index contributed by atoms with van der Waals surface area (Å²) < 4.78 is 0.955. The molecule has 1 heterocycles. The minimum absolute atomic E-state index is 0.0332. The van der Waals surface area contributed by atoms with E-state index in [-0.39, 0.29) is 17.7 Å². The van der Waals surface area contributed by atoms with Gasteiger partial charge >= 0.3 is 0 Å². The van der Waals surface area contributed by atoms with Crippen molar-refractivity contribution in [3.63, 3.8) is 0 Å². The van der Waals surface area contributed by atoms with E-state index in [1.54, 1.807) is 0 Å². The van der Waals surface area contributed by atoms with E-state index in [1.165, 1.54) is 0 Å². The number of nitrogens with one attached hydrogen (secondary N) is 1. The number of piperidine rings is 1. The molecule has 1 fully saturated rings. The van der Waals surface area contributed by atoms with Crippen molar-refractivity contribution in [1.29, 1.82) is 0 Å². The molecule has 2 amide bonds. The fraction of sp³-hybridized carbons (Fsp3) is 0.333. The van der Waals surface area contributed by atoms with Gasteiger partial charge in [-0.05, 0) is 68.1 Å². The summed E-state index contributed by atoms with van der Waals surface area (Å²) in [4.78, 5) is 27.0. The van der Waals surface area contributed by atoms with Crippen LogP contribution < -0.4 is 5.32 Å². The van der Waals surface area contributed by atoms with Crippen LogP contribution in [0.15, 0.2) is 46.9 Å². The number of hydrogen-bond donors (Lipinski definition) is 1. The highest BCUT2D eigenvalue weighted by molar-refractivity contribution is 9.10. The molecule has 0 bridgehead atoms. The SMILES string of the molecule is Cc1cccc(NC(=O)C2CCN(C(=O)c3ccc(Br)cc3)CC2)c1C. The van der Waals surface area contributed by atoms with Crippen LogP contribution in [-0.2, 0) is 4.79 Å². The van der Waals surface area contributed by atoms with Crippen molar-refractivity contribution in [2.45, 2.75) is 26.7 Å². The van der Waals surface area contributed by atoms with E-state index in [1.807, 2.05) is 61.2 Å². The zero-order chi connectivity index (χ0) is 18.7. The molecule has 2 aromatic carbocycles. The van der Waals surface area contributed by atoms with Gasteiger partial charge in [0, 0.05) is 34.7 Å². The molecule has 1 N–H and O–H groups in total. The standard InChI is InChI=1S/C21H23BrN2O2/c1-14-4-3-5-19(15(14)2)23-20(25)16-10-12-24(13-11-16)21(26)17-6-8-18(22)9-7-17/h3-9,16H,10-13H2,1-2H3,(H,23,25). The Kier molecular flexibility index (Phi) is 5.77. The van der Waals surface area contributed by atoms with Gasteiger partial charge in [-0.1, -0.05) is 28.1 Å². The van der Waals surface area contributed by atoms with Crippen molar-refractivity contribution in [2.24, 2.45) is 5.92 Å². The Morgan fingerprint density at radius 2 is 1.69 bits per heavy atom. The first-order valence-electron chi connectivity index (χ1n) is 8.87. The van der Waals surface area contributed by atoms with Crippen LogP contribution >= 0.6 is 15.9 Å². The van der Waals surface area contributed by atoms with Gasteiger partial charge in [-0.2, -0.15) is 0 Å². The average molecular weight is 415 g/mol. The second kappa shape index (κ2) is 8.04. The summed E-state index contributed by atoms with van der Waals surface area (Å²) in [5, 5.41) is 3.06. The number of carbonyl (C=O) groups is 2. The Morgan fingerprint density at radius 1 is 1.04 bits per heavy atom. The lowest BCUT2D eigenvalue weighted by atomic mass is 9.95. The number of carbonyl (C=O) groups excluding carboxylic acids is 2.